The summed E-state index contributed by atoms with van der Waals surface area (Å²) < 4.78 is 31.1. The maximum Gasteiger partial charge on any atom is 0.266 e. The molecule has 2 aliphatic heterocycles. The topological polar surface area (TPSA) is 67.2 Å². The maximum absolute atomic E-state index is 14.7. The predicted octanol–water partition coefficient (Wildman–Crippen LogP) is 2.17. The highest BCUT2D eigenvalue weighted by Gasteiger charge is 2.55. The Morgan fingerprint density at radius 3 is 2.64 bits per heavy atom. The Bertz CT molecular complexity index is 871. The van der Waals surface area contributed by atoms with Crippen LogP contribution >= 0.6 is 0 Å². The van der Waals surface area contributed by atoms with Crippen molar-refractivity contribution in [1.82, 2.24) is 24.6 Å². The first-order valence-electron chi connectivity index (χ1n) is 9.47. The van der Waals surface area contributed by atoms with Crippen LogP contribution in [0.4, 0.5) is 14.7 Å². The van der Waals surface area contributed by atoms with E-state index in [9.17, 15) is 13.6 Å². The minimum atomic E-state index is -2.97. The molecule has 0 aromatic carbocycles. The normalized spacial score (nSPS) is 24.8. The molecule has 2 saturated heterocycles. The van der Waals surface area contributed by atoms with Crippen molar-refractivity contribution < 1.29 is 13.6 Å². The van der Waals surface area contributed by atoms with Crippen LogP contribution in [0.1, 0.15) is 30.7 Å². The van der Waals surface area contributed by atoms with Crippen LogP contribution in [0.15, 0.2) is 24.5 Å². The summed E-state index contributed by atoms with van der Waals surface area (Å²) in [6.07, 6.45) is 3.78. The molecule has 2 aliphatic rings. The fourth-order valence-electron chi connectivity index (χ4n) is 4.52. The van der Waals surface area contributed by atoms with Gasteiger partial charge in [-0.05, 0) is 31.9 Å². The zero-order valence-corrected chi connectivity index (χ0v) is 16.1. The van der Waals surface area contributed by atoms with Crippen molar-refractivity contribution in [2.45, 2.75) is 38.7 Å². The second-order valence-corrected chi connectivity index (χ2v) is 7.95. The number of amides is 1. The van der Waals surface area contributed by atoms with E-state index in [0.29, 0.717) is 25.9 Å². The summed E-state index contributed by atoms with van der Waals surface area (Å²) in [5.41, 5.74) is 0.648. The van der Waals surface area contributed by atoms with Crippen LogP contribution in [-0.2, 0) is 18.4 Å². The van der Waals surface area contributed by atoms with Gasteiger partial charge in [0.15, 0.2) is 0 Å². The van der Waals surface area contributed by atoms with E-state index in [1.54, 1.807) is 15.6 Å². The van der Waals surface area contributed by atoms with Crippen molar-refractivity contribution in [3.63, 3.8) is 0 Å². The van der Waals surface area contributed by atoms with Gasteiger partial charge in [-0.25, -0.2) is 18.7 Å². The van der Waals surface area contributed by atoms with Gasteiger partial charge in [-0.15, -0.1) is 0 Å². The van der Waals surface area contributed by atoms with Crippen LogP contribution in [0.5, 0.6) is 0 Å². The number of hydrogen-bond acceptors (Lipinski definition) is 5. The van der Waals surface area contributed by atoms with Crippen molar-refractivity contribution in [2.75, 3.05) is 24.5 Å². The summed E-state index contributed by atoms with van der Waals surface area (Å²) in [4.78, 5) is 24.8. The lowest BCUT2D eigenvalue weighted by molar-refractivity contribution is -0.157. The van der Waals surface area contributed by atoms with Gasteiger partial charge in [-0.2, -0.15) is 5.10 Å². The highest BCUT2D eigenvalue weighted by Crippen LogP contribution is 2.46. The molecule has 0 N–H and O–H groups in total. The molecule has 0 bridgehead atoms. The summed E-state index contributed by atoms with van der Waals surface area (Å²) in [5.74, 6) is -2.94. The van der Waals surface area contributed by atoms with E-state index >= 15 is 0 Å². The Kier molecular flexibility index (Phi) is 4.55. The molecule has 0 radical (unpaired) electrons. The predicted molar refractivity (Wildman–Crippen MR) is 98.8 cm³/mol. The van der Waals surface area contributed by atoms with Crippen LogP contribution in [-0.4, -0.2) is 56.1 Å². The van der Waals surface area contributed by atoms with Gasteiger partial charge in [0, 0.05) is 39.0 Å². The van der Waals surface area contributed by atoms with Gasteiger partial charge < -0.3 is 9.80 Å². The molecule has 2 fully saturated rings. The molecule has 0 aliphatic carbocycles. The lowest BCUT2D eigenvalue weighted by atomic mass is 9.71. The van der Waals surface area contributed by atoms with Crippen LogP contribution in [0.3, 0.4) is 0 Å². The van der Waals surface area contributed by atoms with Gasteiger partial charge in [0.25, 0.3) is 5.92 Å². The maximum atomic E-state index is 14.7. The van der Waals surface area contributed by atoms with Crippen molar-refractivity contribution in [2.24, 2.45) is 12.5 Å². The fraction of sp³-hybridized carbons (Fsp3) is 0.579. The first kappa shape index (κ1) is 18.8. The largest absolute Gasteiger partial charge is 0.336 e. The van der Waals surface area contributed by atoms with Gasteiger partial charge in [0.1, 0.15) is 0 Å². The molecule has 0 saturated carbocycles. The lowest BCUT2D eigenvalue weighted by Gasteiger charge is -2.49. The van der Waals surface area contributed by atoms with Gasteiger partial charge >= 0.3 is 0 Å². The lowest BCUT2D eigenvalue weighted by Crippen LogP contribution is -2.61. The Balaban J connectivity index is 1.61. The van der Waals surface area contributed by atoms with Gasteiger partial charge in [0.2, 0.25) is 11.9 Å². The number of piperidine rings is 2. The number of likely N-dealkylation sites (tertiary alicyclic amines) is 1. The number of carbonyl (C=O) groups is 1. The van der Waals surface area contributed by atoms with Crippen LogP contribution in [0.25, 0.3) is 0 Å². The number of aromatic nitrogens is 4. The zero-order valence-electron chi connectivity index (χ0n) is 16.1. The van der Waals surface area contributed by atoms with E-state index in [-0.39, 0.29) is 18.4 Å². The minimum Gasteiger partial charge on any atom is -0.336 e. The first-order valence-corrected chi connectivity index (χ1v) is 9.47. The second-order valence-electron chi connectivity index (χ2n) is 7.95. The minimum absolute atomic E-state index is 0.210. The number of hydrogen-bond donors (Lipinski definition) is 0. The van der Waals surface area contributed by atoms with Crippen LogP contribution < -0.4 is 4.90 Å². The monoisotopic (exact) mass is 390 g/mol. The Labute approximate surface area is 162 Å². The Morgan fingerprint density at radius 2 is 1.96 bits per heavy atom. The molecular formula is C19H24F2N6O. The second kappa shape index (κ2) is 6.79. The third-order valence-electron chi connectivity index (χ3n) is 5.62. The van der Waals surface area contributed by atoms with Crippen molar-refractivity contribution in [3.8, 4) is 0 Å². The number of nitrogens with zero attached hydrogens (tertiary/aromatic N) is 6. The number of aryl methyl sites for hydroxylation is 2. The van der Waals surface area contributed by atoms with Crippen LogP contribution in [0, 0.1) is 12.3 Å². The Hall–Kier alpha value is -2.58. The number of alkyl halides is 2. The SMILES string of the molecule is Cc1cc(CN2CCC[C@@]3(CN(c4ncccn4)CC(F)(F)C3)C2=O)n(C)n1. The zero-order chi connectivity index (χ0) is 19.9. The number of halogens is 2. The standard InChI is InChI=1S/C19H24F2N6O/c1-14-9-15(25(2)24-14)10-26-8-3-5-18(16(26)28)11-19(20,21)13-27(12-18)17-22-6-4-7-23-17/h4,6-7,9H,3,5,8,10-13H2,1-2H3/t18-/m1/s1. The third kappa shape index (κ3) is 3.45. The van der Waals surface area contributed by atoms with Crippen molar-refractivity contribution in [3.05, 3.63) is 35.9 Å². The number of carbonyl (C=O) groups excluding carboxylic acids is 1. The third-order valence-corrected chi connectivity index (χ3v) is 5.62. The molecule has 28 heavy (non-hydrogen) atoms. The van der Waals surface area contributed by atoms with E-state index < -0.39 is 24.3 Å². The average molecular weight is 390 g/mol. The van der Waals surface area contributed by atoms with Crippen molar-refractivity contribution >= 4 is 11.9 Å². The molecule has 0 unspecified atom stereocenters. The molecule has 2 aromatic rings. The Morgan fingerprint density at radius 1 is 1.21 bits per heavy atom. The quantitative estimate of drug-likeness (QED) is 0.804. The van der Waals surface area contributed by atoms with Gasteiger partial charge in [-0.1, -0.05) is 0 Å². The fourth-order valence-corrected chi connectivity index (χ4v) is 4.52. The first-order chi connectivity index (χ1) is 13.3. The van der Waals surface area contributed by atoms with E-state index in [1.165, 1.54) is 17.3 Å². The highest BCUT2D eigenvalue weighted by atomic mass is 19.3. The van der Waals surface area contributed by atoms with Crippen molar-refractivity contribution in [1.29, 1.82) is 0 Å². The van der Waals surface area contributed by atoms with Gasteiger partial charge in [-0.3, -0.25) is 9.48 Å². The molecule has 150 valence electrons. The molecule has 1 amide bonds. The molecular weight excluding hydrogens is 366 g/mol. The molecule has 4 heterocycles. The number of rotatable bonds is 3. The molecule has 1 atom stereocenters. The molecule has 7 nitrogen and oxygen atoms in total. The summed E-state index contributed by atoms with van der Waals surface area (Å²) >= 11 is 0. The molecule has 1 spiro atoms. The summed E-state index contributed by atoms with van der Waals surface area (Å²) in [6, 6.07) is 3.57. The molecule has 2 aromatic heterocycles. The summed E-state index contributed by atoms with van der Waals surface area (Å²) in [6.45, 7) is 2.59. The summed E-state index contributed by atoms with van der Waals surface area (Å²) in [5, 5.41) is 4.31. The smallest absolute Gasteiger partial charge is 0.266 e. The van der Waals surface area contributed by atoms with E-state index in [0.717, 1.165) is 11.4 Å². The molecule has 9 heteroatoms. The highest BCUT2D eigenvalue weighted by molar-refractivity contribution is 5.84. The summed E-state index contributed by atoms with van der Waals surface area (Å²) in [7, 11) is 1.83. The van der Waals surface area contributed by atoms with Gasteiger partial charge in [0.05, 0.1) is 29.9 Å². The molecule has 4 rings (SSSR count). The number of anilines is 1. The van der Waals surface area contributed by atoms with E-state index in [2.05, 4.69) is 15.1 Å². The van der Waals surface area contributed by atoms with E-state index in [1.807, 2.05) is 20.0 Å². The average Bonchev–Trinajstić information content (AvgIpc) is 2.96. The van der Waals surface area contributed by atoms with Crippen LogP contribution in [0.2, 0.25) is 0 Å². The van der Waals surface area contributed by atoms with E-state index in [4.69, 9.17) is 0 Å².